The number of nitrogens with zero attached hydrogens (tertiary/aromatic N) is 2. The van der Waals surface area contributed by atoms with Crippen molar-refractivity contribution in [2.45, 2.75) is 52.2 Å². The number of likely N-dealkylation sites (tertiary alicyclic amines) is 1. The van der Waals surface area contributed by atoms with Crippen molar-refractivity contribution in [1.82, 2.24) is 15.6 Å². The third-order valence-electron chi connectivity index (χ3n) is 5.73. The van der Waals surface area contributed by atoms with Crippen LogP contribution in [0, 0.1) is 5.41 Å². The van der Waals surface area contributed by atoms with Crippen LogP contribution in [0.3, 0.4) is 0 Å². The molecule has 0 spiro atoms. The highest BCUT2D eigenvalue weighted by Crippen LogP contribution is 2.23. The van der Waals surface area contributed by atoms with Crippen molar-refractivity contribution in [3.63, 3.8) is 0 Å². The van der Waals surface area contributed by atoms with Crippen LogP contribution in [0.4, 0.5) is 4.79 Å². The second-order valence-corrected chi connectivity index (χ2v) is 9.97. The van der Waals surface area contributed by atoms with Gasteiger partial charge in [-0.1, -0.05) is 18.2 Å². The second kappa shape index (κ2) is 12.8. The number of hydrogen-bond donors (Lipinski definition) is 4. The minimum atomic E-state index is -0.576. The van der Waals surface area contributed by atoms with E-state index in [2.05, 4.69) is 15.8 Å². The number of allylic oxidation sites excluding steroid dienone is 1. The van der Waals surface area contributed by atoms with Crippen molar-refractivity contribution in [2.24, 2.45) is 10.8 Å². The molecule has 3 rings (SSSR count). The molecule has 2 aromatic rings. The zero-order chi connectivity index (χ0) is 27.7. The lowest BCUT2D eigenvalue weighted by Gasteiger charge is -2.35. The Kier molecular flexibility index (Phi) is 9.48. The summed E-state index contributed by atoms with van der Waals surface area (Å²) in [6.07, 6.45) is 1.68. The summed E-state index contributed by atoms with van der Waals surface area (Å²) in [5, 5.41) is 16.2. The number of benzene rings is 2. The molecule has 202 valence electrons. The van der Waals surface area contributed by atoms with Crippen LogP contribution >= 0.6 is 0 Å². The van der Waals surface area contributed by atoms with Crippen molar-refractivity contribution >= 4 is 24.1 Å². The first-order valence-corrected chi connectivity index (χ1v) is 12.5. The monoisotopic (exact) mass is 520 g/mol. The van der Waals surface area contributed by atoms with E-state index in [1.165, 1.54) is 0 Å². The zero-order valence-corrected chi connectivity index (χ0v) is 22.3. The van der Waals surface area contributed by atoms with Crippen LogP contribution in [0.1, 0.15) is 46.1 Å². The number of ether oxygens (including phenoxy) is 2. The van der Waals surface area contributed by atoms with Gasteiger partial charge in [-0.3, -0.25) is 10.2 Å². The van der Waals surface area contributed by atoms with Crippen LogP contribution in [0.2, 0.25) is 0 Å². The summed E-state index contributed by atoms with van der Waals surface area (Å²) in [5.41, 5.74) is 9.49. The number of nitrogens with one attached hydrogen (secondary N) is 3. The molecule has 1 heterocycles. The fourth-order valence-corrected chi connectivity index (χ4v) is 4.08. The fourth-order valence-electron chi connectivity index (χ4n) is 4.08. The van der Waals surface area contributed by atoms with Crippen LogP contribution in [-0.4, -0.2) is 53.7 Å². The van der Waals surface area contributed by atoms with Crippen molar-refractivity contribution in [3.8, 4) is 11.5 Å². The van der Waals surface area contributed by atoms with Gasteiger partial charge in [0.1, 0.15) is 17.1 Å². The molecule has 0 radical (unpaired) electrons. The van der Waals surface area contributed by atoms with Crippen LogP contribution in [0.25, 0.3) is 0 Å². The highest BCUT2D eigenvalue weighted by molar-refractivity contribution is 6.28. The van der Waals surface area contributed by atoms with Crippen LogP contribution in [0.5, 0.6) is 11.5 Å². The smallest absolute Gasteiger partial charge is 0.410 e. The first-order valence-electron chi connectivity index (χ1n) is 12.5. The minimum Gasteiger partial charge on any atom is -0.457 e. The summed E-state index contributed by atoms with van der Waals surface area (Å²) in [7, 11) is 0. The molecule has 2 aromatic carbocycles. The van der Waals surface area contributed by atoms with Crippen molar-refractivity contribution < 1.29 is 19.1 Å². The third kappa shape index (κ3) is 8.09. The zero-order valence-electron chi connectivity index (χ0n) is 22.3. The predicted octanol–water partition coefficient (Wildman–Crippen LogP) is 4.13. The number of piperidine rings is 1. The summed E-state index contributed by atoms with van der Waals surface area (Å²) in [4.78, 5) is 25.1. The van der Waals surface area contributed by atoms with E-state index in [-0.39, 0.29) is 23.7 Å². The number of carbonyl (C=O) groups is 2. The number of nitrogens with two attached hydrogens (primary N) is 1. The first kappa shape index (κ1) is 28.2. The molecular weight excluding hydrogens is 484 g/mol. The molecule has 1 aliphatic heterocycles. The molecule has 1 atom stereocenters. The maximum Gasteiger partial charge on any atom is 0.410 e. The van der Waals surface area contributed by atoms with Gasteiger partial charge in [0.15, 0.2) is 5.84 Å². The van der Waals surface area contributed by atoms with E-state index in [9.17, 15) is 9.59 Å². The van der Waals surface area contributed by atoms with E-state index >= 15 is 0 Å². The van der Waals surface area contributed by atoms with Gasteiger partial charge in [0, 0.05) is 30.4 Å². The maximum absolute atomic E-state index is 12.6. The van der Waals surface area contributed by atoms with Crippen molar-refractivity contribution in [1.29, 1.82) is 5.41 Å². The van der Waals surface area contributed by atoms with E-state index < -0.39 is 5.60 Å². The van der Waals surface area contributed by atoms with E-state index in [1.807, 2.05) is 51.1 Å². The first-order chi connectivity index (χ1) is 18.1. The molecule has 1 unspecified atom stereocenters. The van der Waals surface area contributed by atoms with Crippen molar-refractivity contribution in [3.05, 3.63) is 71.4 Å². The number of hydrazone groups is 1. The van der Waals surface area contributed by atoms with Gasteiger partial charge in [0.05, 0.1) is 11.3 Å². The lowest BCUT2D eigenvalue weighted by molar-refractivity contribution is -0.109. The van der Waals surface area contributed by atoms with Gasteiger partial charge in [0.2, 0.25) is 6.41 Å². The largest absolute Gasteiger partial charge is 0.457 e. The highest BCUT2D eigenvalue weighted by Gasteiger charge is 2.28. The molecule has 1 saturated heterocycles. The maximum atomic E-state index is 12.6. The average Bonchev–Trinajstić information content (AvgIpc) is 2.87. The van der Waals surface area contributed by atoms with Crippen molar-refractivity contribution in [2.75, 3.05) is 13.1 Å². The summed E-state index contributed by atoms with van der Waals surface area (Å²) in [6.45, 7) is 8.37. The molecule has 5 N–H and O–H groups in total. The molecule has 2 amide bonds. The Bertz CT molecular complexity index is 1190. The van der Waals surface area contributed by atoms with Gasteiger partial charge in [-0.05, 0) is 76.9 Å². The number of para-hydroxylation sites is 1. The van der Waals surface area contributed by atoms with Gasteiger partial charge < -0.3 is 25.4 Å². The van der Waals surface area contributed by atoms with Crippen LogP contribution in [0.15, 0.2) is 71.0 Å². The Morgan fingerprint density at radius 1 is 1.13 bits per heavy atom. The molecular formula is C28H36N6O4. The highest BCUT2D eigenvalue weighted by atomic mass is 16.6. The number of amides is 2. The molecule has 0 saturated carbocycles. The van der Waals surface area contributed by atoms with Gasteiger partial charge >= 0.3 is 6.09 Å². The van der Waals surface area contributed by atoms with Gasteiger partial charge in [-0.2, -0.15) is 5.10 Å². The van der Waals surface area contributed by atoms with Gasteiger partial charge in [0.25, 0.3) is 0 Å². The normalized spacial score (nSPS) is 16.7. The molecule has 0 bridgehead atoms. The summed E-state index contributed by atoms with van der Waals surface area (Å²) < 4.78 is 11.4. The standard InChI is InChI=1S/C28H36N6O4/c1-19(32-21-9-8-16-34(17-21)27(36)38-28(2,3)4)24(26(30)33-31-18-35)25(29)20-12-14-23(15-13-20)37-22-10-6-5-7-11-22/h5-7,10-15,18,21,29,32H,8-9,16-17H2,1-4H3,(H2,30,33)(H,31,35)/b24-19+,29-25?. The molecule has 1 fully saturated rings. The Morgan fingerprint density at radius 3 is 2.42 bits per heavy atom. The predicted molar refractivity (Wildman–Crippen MR) is 147 cm³/mol. The number of amidine groups is 1. The summed E-state index contributed by atoms with van der Waals surface area (Å²) in [5.74, 6) is 1.32. The number of carbonyl (C=O) groups excluding carboxylic acids is 2. The molecule has 10 heteroatoms. The number of hydrogen-bond acceptors (Lipinski definition) is 7. The fraction of sp³-hybridized carbons (Fsp3) is 0.357. The van der Waals surface area contributed by atoms with E-state index in [1.54, 1.807) is 36.1 Å². The Labute approximate surface area is 223 Å². The Morgan fingerprint density at radius 2 is 1.79 bits per heavy atom. The van der Waals surface area contributed by atoms with Crippen LogP contribution < -0.4 is 21.2 Å². The molecule has 1 aliphatic rings. The van der Waals surface area contributed by atoms with Gasteiger partial charge in [-0.25, -0.2) is 10.2 Å². The molecule has 0 aromatic heterocycles. The summed E-state index contributed by atoms with van der Waals surface area (Å²) >= 11 is 0. The Balaban J connectivity index is 1.80. The Hall–Kier alpha value is -4.34. The topological polar surface area (TPSA) is 142 Å². The lowest BCUT2D eigenvalue weighted by Crippen LogP contribution is -2.49. The number of rotatable bonds is 9. The second-order valence-electron chi connectivity index (χ2n) is 9.97. The summed E-state index contributed by atoms with van der Waals surface area (Å²) in [6, 6.07) is 16.4. The average molecular weight is 521 g/mol. The molecule has 38 heavy (non-hydrogen) atoms. The lowest BCUT2D eigenvalue weighted by atomic mass is 9.98. The quantitative estimate of drug-likeness (QED) is 0.170. The van der Waals surface area contributed by atoms with E-state index in [0.717, 1.165) is 12.8 Å². The molecule has 0 aliphatic carbocycles. The van der Waals surface area contributed by atoms with Gasteiger partial charge in [-0.15, -0.1) is 0 Å². The van der Waals surface area contributed by atoms with Crippen LogP contribution in [-0.2, 0) is 9.53 Å². The van der Waals surface area contributed by atoms with E-state index in [0.29, 0.717) is 47.8 Å². The van der Waals surface area contributed by atoms with E-state index in [4.69, 9.17) is 20.6 Å². The SMILES string of the molecule is C/C(NC1CCCN(C(=O)OC(C)(C)C)C1)=C(C(=N)c1ccc(Oc2ccccc2)cc1)\C(N)=N/NC=O. The third-order valence-corrected chi connectivity index (χ3v) is 5.73. The minimum absolute atomic E-state index is 0.0171. The molecule has 10 nitrogen and oxygen atoms in total.